The maximum Gasteiger partial charge on any atom is 0.126 e. The van der Waals surface area contributed by atoms with Crippen LogP contribution in [0.5, 0.6) is 5.75 Å². The molecular formula is C25H19NO. The minimum atomic E-state index is 0.342. The zero-order chi connectivity index (χ0) is 18.5. The van der Waals surface area contributed by atoms with Crippen LogP contribution in [-0.4, -0.2) is 10.1 Å². The first kappa shape index (κ1) is 16.9. The lowest BCUT2D eigenvalue weighted by Gasteiger charge is -2.09. The fraction of sp³-hybridized carbons (Fsp3) is 0.0800. The van der Waals surface area contributed by atoms with Crippen LogP contribution >= 0.6 is 0 Å². The molecule has 3 aromatic carbocycles. The van der Waals surface area contributed by atoms with Crippen molar-refractivity contribution < 1.29 is 5.11 Å². The van der Waals surface area contributed by atoms with Crippen LogP contribution in [-0.2, 0) is 12.8 Å². The Labute approximate surface area is 159 Å². The molecule has 0 atom stereocenters. The number of hydrogen-bond acceptors (Lipinski definition) is 2. The first-order valence-corrected chi connectivity index (χ1v) is 8.96. The highest BCUT2D eigenvalue weighted by atomic mass is 16.3. The fourth-order valence-corrected chi connectivity index (χ4v) is 3.13. The molecule has 27 heavy (non-hydrogen) atoms. The van der Waals surface area contributed by atoms with Gasteiger partial charge in [0, 0.05) is 36.2 Å². The van der Waals surface area contributed by atoms with E-state index in [-0.39, 0.29) is 0 Å². The molecule has 0 amide bonds. The molecule has 0 saturated carbocycles. The van der Waals surface area contributed by atoms with E-state index in [2.05, 4.69) is 35.0 Å². The van der Waals surface area contributed by atoms with E-state index in [9.17, 15) is 5.11 Å². The van der Waals surface area contributed by atoms with Gasteiger partial charge in [0.15, 0.2) is 0 Å². The van der Waals surface area contributed by atoms with Crippen LogP contribution in [0.3, 0.4) is 0 Å². The average Bonchev–Trinajstić information content (AvgIpc) is 2.72. The summed E-state index contributed by atoms with van der Waals surface area (Å²) in [5, 5.41) is 12.6. The van der Waals surface area contributed by atoms with E-state index >= 15 is 0 Å². The normalized spacial score (nSPS) is 10.4. The number of phenols is 1. The Morgan fingerprint density at radius 1 is 0.815 bits per heavy atom. The van der Waals surface area contributed by atoms with Crippen molar-refractivity contribution in [2.24, 2.45) is 0 Å². The van der Waals surface area contributed by atoms with Gasteiger partial charge >= 0.3 is 0 Å². The van der Waals surface area contributed by atoms with Crippen LogP contribution in [0.15, 0.2) is 85.2 Å². The zero-order valence-electron chi connectivity index (χ0n) is 14.9. The van der Waals surface area contributed by atoms with Crippen molar-refractivity contribution in [3.8, 4) is 17.6 Å². The van der Waals surface area contributed by atoms with E-state index in [0.29, 0.717) is 18.6 Å². The molecule has 0 aliphatic rings. The lowest BCUT2D eigenvalue weighted by molar-refractivity contribution is 0.476. The van der Waals surface area contributed by atoms with Crippen molar-refractivity contribution >= 4 is 10.8 Å². The molecule has 0 aliphatic heterocycles. The van der Waals surface area contributed by atoms with Crippen molar-refractivity contribution in [1.29, 1.82) is 0 Å². The topological polar surface area (TPSA) is 33.1 Å². The average molecular weight is 349 g/mol. The number of aromatic nitrogens is 1. The Morgan fingerprint density at radius 2 is 1.59 bits per heavy atom. The van der Waals surface area contributed by atoms with Gasteiger partial charge in [-0.25, -0.2) is 0 Å². The number of aromatic hydroxyl groups is 1. The van der Waals surface area contributed by atoms with Crippen LogP contribution in [0.4, 0.5) is 0 Å². The molecule has 1 heterocycles. The van der Waals surface area contributed by atoms with Gasteiger partial charge in [-0.3, -0.25) is 4.98 Å². The van der Waals surface area contributed by atoms with Crippen LogP contribution in [0.1, 0.15) is 22.3 Å². The van der Waals surface area contributed by atoms with E-state index in [1.807, 2.05) is 54.6 Å². The smallest absolute Gasteiger partial charge is 0.126 e. The number of phenolic OH excluding ortho intramolecular Hbond substituents is 1. The summed E-state index contributed by atoms with van der Waals surface area (Å²) in [5.41, 5.74) is 4.16. The maximum atomic E-state index is 10.8. The molecule has 2 nitrogen and oxygen atoms in total. The highest BCUT2D eigenvalue weighted by Gasteiger charge is 2.07. The summed E-state index contributed by atoms with van der Waals surface area (Å²) in [5.74, 6) is 6.74. The number of pyridine rings is 1. The number of hydrogen-bond donors (Lipinski definition) is 1. The van der Waals surface area contributed by atoms with Gasteiger partial charge in [-0.2, -0.15) is 0 Å². The molecular weight excluding hydrogens is 330 g/mol. The van der Waals surface area contributed by atoms with Crippen LogP contribution in [0, 0.1) is 11.8 Å². The predicted octanol–water partition coefficient (Wildman–Crippen LogP) is 5.13. The Kier molecular flexibility index (Phi) is 4.85. The summed E-state index contributed by atoms with van der Waals surface area (Å²) in [6.45, 7) is 0. The molecule has 1 aromatic heterocycles. The van der Waals surface area contributed by atoms with E-state index in [4.69, 9.17) is 0 Å². The van der Waals surface area contributed by atoms with Gasteiger partial charge in [-0.15, -0.1) is 0 Å². The van der Waals surface area contributed by atoms with Crippen LogP contribution in [0.25, 0.3) is 10.8 Å². The highest BCUT2D eigenvalue weighted by Crippen LogP contribution is 2.31. The Balaban J connectivity index is 1.62. The lowest BCUT2D eigenvalue weighted by atomic mass is 9.98. The summed E-state index contributed by atoms with van der Waals surface area (Å²) < 4.78 is 0. The van der Waals surface area contributed by atoms with Gasteiger partial charge in [0.25, 0.3) is 0 Å². The summed E-state index contributed by atoms with van der Waals surface area (Å²) >= 11 is 0. The number of fused-ring (bicyclic) bond motifs is 1. The Hall–Kier alpha value is -3.57. The highest BCUT2D eigenvalue weighted by molar-refractivity contribution is 5.90. The third kappa shape index (κ3) is 3.99. The standard InChI is InChI=1S/C25H19NO/c27-25-23(17-20-5-2-1-3-6-20)12-11-22-10-9-21(18-24(22)25)8-4-7-19-13-15-26-16-14-19/h1-3,5-6,9-16,18,27H,7,17H2. The number of rotatable bonds is 3. The molecule has 0 unspecified atom stereocenters. The molecule has 4 aromatic rings. The van der Waals surface area contributed by atoms with E-state index in [1.54, 1.807) is 12.4 Å². The molecule has 1 N–H and O–H groups in total. The molecule has 0 spiro atoms. The SMILES string of the molecule is Oc1c(Cc2ccccc2)ccc2ccc(C#CCc3ccncc3)cc12. The second-order valence-electron chi connectivity index (χ2n) is 6.51. The molecule has 0 saturated heterocycles. The minimum Gasteiger partial charge on any atom is -0.507 e. The van der Waals surface area contributed by atoms with Gasteiger partial charge in [0.05, 0.1) is 0 Å². The van der Waals surface area contributed by atoms with Crippen molar-refractivity contribution in [2.45, 2.75) is 12.8 Å². The molecule has 0 radical (unpaired) electrons. The maximum absolute atomic E-state index is 10.8. The van der Waals surface area contributed by atoms with Crippen molar-refractivity contribution in [3.63, 3.8) is 0 Å². The summed E-state index contributed by atoms with van der Waals surface area (Å²) in [7, 11) is 0. The summed E-state index contributed by atoms with van der Waals surface area (Å²) in [6.07, 6.45) is 4.94. The van der Waals surface area contributed by atoms with Gasteiger partial charge in [-0.1, -0.05) is 60.4 Å². The van der Waals surface area contributed by atoms with E-state index < -0.39 is 0 Å². The second kappa shape index (κ2) is 7.76. The minimum absolute atomic E-state index is 0.342. The largest absolute Gasteiger partial charge is 0.507 e. The first-order valence-electron chi connectivity index (χ1n) is 8.96. The van der Waals surface area contributed by atoms with E-state index in [0.717, 1.165) is 27.5 Å². The third-order valence-corrected chi connectivity index (χ3v) is 4.59. The Morgan fingerprint density at radius 3 is 2.41 bits per heavy atom. The first-order chi connectivity index (χ1) is 13.3. The zero-order valence-corrected chi connectivity index (χ0v) is 14.9. The summed E-state index contributed by atoms with van der Waals surface area (Å²) in [6, 6.07) is 24.2. The van der Waals surface area contributed by atoms with Crippen molar-refractivity contribution in [1.82, 2.24) is 4.98 Å². The fourth-order valence-electron chi connectivity index (χ4n) is 3.13. The molecule has 2 heteroatoms. The lowest BCUT2D eigenvalue weighted by Crippen LogP contribution is -1.90. The molecule has 0 fully saturated rings. The molecule has 4 rings (SSSR count). The second-order valence-corrected chi connectivity index (χ2v) is 6.51. The monoisotopic (exact) mass is 349 g/mol. The van der Waals surface area contributed by atoms with Crippen LogP contribution in [0.2, 0.25) is 0 Å². The third-order valence-electron chi connectivity index (χ3n) is 4.59. The number of benzene rings is 3. The van der Waals surface area contributed by atoms with E-state index in [1.165, 1.54) is 5.56 Å². The number of nitrogens with zero attached hydrogens (tertiary/aromatic N) is 1. The quantitative estimate of drug-likeness (QED) is 0.520. The van der Waals surface area contributed by atoms with Crippen molar-refractivity contribution in [2.75, 3.05) is 0 Å². The summed E-state index contributed by atoms with van der Waals surface area (Å²) in [4.78, 5) is 4.02. The van der Waals surface area contributed by atoms with Gasteiger partial charge < -0.3 is 5.11 Å². The molecule has 130 valence electrons. The van der Waals surface area contributed by atoms with Gasteiger partial charge in [0.2, 0.25) is 0 Å². The molecule has 0 bridgehead atoms. The Bertz CT molecular complexity index is 1120. The van der Waals surface area contributed by atoms with Crippen molar-refractivity contribution in [3.05, 3.63) is 107 Å². The van der Waals surface area contributed by atoms with Gasteiger partial charge in [-0.05, 0) is 46.3 Å². The molecule has 0 aliphatic carbocycles. The van der Waals surface area contributed by atoms with Crippen LogP contribution < -0.4 is 0 Å². The van der Waals surface area contributed by atoms with Gasteiger partial charge in [0.1, 0.15) is 5.75 Å². The predicted molar refractivity (Wildman–Crippen MR) is 110 cm³/mol.